The predicted molar refractivity (Wildman–Crippen MR) is 71.9 cm³/mol. The number of hydrogen-bond acceptors (Lipinski definition) is 4. The van der Waals surface area contributed by atoms with Gasteiger partial charge in [-0.1, -0.05) is 23.1 Å². The Morgan fingerprint density at radius 1 is 1.41 bits per heavy atom. The quantitative estimate of drug-likeness (QED) is 0.775. The molecule has 0 heterocycles. The molecular weight excluding hydrogens is 320 g/mol. The van der Waals surface area contributed by atoms with Crippen LogP contribution in [0.4, 0.5) is 8.78 Å². The van der Waals surface area contributed by atoms with Crippen molar-refractivity contribution in [2.45, 2.75) is 42.6 Å². The van der Waals surface area contributed by atoms with Crippen LogP contribution in [0, 0.1) is 0 Å². The van der Waals surface area contributed by atoms with Gasteiger partial charge in [-0.05, 0) is 25.5 Å². The number of carboxylic acid groups (broad SMARTS) is 1. The Morgan fingerprint density at radius 2 is 1.95 bits per heavy atom. The number of hydrogen-bond donors (Lipinski definition) is 2. The van der Waals surface area contributed by atoms with Crippen LogP contribution in [0.1, 0.15) is 31.7 Å². The maximum absolute atomic E-state index is 13.2. The van der Waals surface area contributed by atoms with E-state index in [2.05, 4.69) is 0 Å². The molecule has 1 unspecified atom stereocenters. The normalized spacial score (nSPS) is 20.6. The first-order valence-corrected chi connectivity index (χ1v) is 7.86. The van der Waals surface area contributed by atoms with Gasteiger partial charge in [-0.25, -0.2) is 22.0 Å². The zero-order valence-electron chi connectivity index (χ0n) is 11.8. The number of nitrogens with one attached hydrogen (secondary N) is 1. The number of aliphatic carboxylic acids is 1. The Labute approximate surface area is 126 Å². The van der Waals surface area contributed by atoms with Crippen molar-refractivity contribution < 1.29 is 31.9 Å². The fourth-order valence-electron chi connectivity index (χ4n) is 1.81. The molecule has 1 aliphatic carbocycles. The summed E-state index contributed by atoms with van der Waals surface area (Å²) in [7, 11) is -4.28. The molecule has 22 heavy (non-hydrogen) atoms. The number of benzene rings is 1. The number of carboxylic acids is 1. The molecule has 1 atom stereocenters. The molecule has 1 aromatic carbocycles. The zero-order chi connectivity index (χ0) is 16.8. The summed E-state index contributed by atoms with van der Waals surface area (Å²) in [6, 6.07) is 5.33. The van der Waals surface area contributed by atoms with Gasteiger partial charge in [0, 0.05) is 6.42 Å². The maximum atomic E-state index is 13.2. The van der Waals surface area contributed by atoms with E-state index in [-0.39, 0.29) is 10.5 Å². The Hall–Kier alpha value is -1.58. The molecule has 2 rings (SSSR count). The number of carbonyl (C=O) groups is 1. The van der Waals surface area contributed by atoms with Crippen molar-refractivity contribution in [2.75, 3.05) is 0 Å². The third-order valence-electron chi connectivity index (χ3n) is 3.33. The van der Waals surface area contributed by atoms with Crippen LogP contribution in [-0.2, 0) is 19.7 Å². The SMILES string of the molecule is CC(C)(ONS(=O)(=O)c1ccccc1C1CC1(F)F)C(=O)O. The molecule has 1 saturated carbocycles. The number of alkyl halides is 2. The molecule has 1 fully saturated rings. The third-order valence-corrected chi connectivity index (χ3v) is 4.59. The van der Waals surface area contributed by atoms with E-state index in [1.807, 2.05) is 0 Å². The molecule has 0 aliphatic heterocycles. The second kappa shape index (κ2) is 5.25. The van der Waals surface area contributed by atoms with Gasteiger partial charge < -0.3 is 5.11 Å². The molecule has 122 valence electrons. The van der Waals surface area contributed by atoms with E-state index in [0.29, 0.717) is 0 Å². The highest BCUT2D eigenvalue weighted by atomic mass is 32.2. The zero-order valence-corrected chi connectivity index (χ0v) is 12.7. The van der Waals surface area contributed by atoms with Crippen molar-refractivity contribution in [2.24, 2.45) is 0 Å². The second-order valence-electron chi connectivity index (χ2n) is 5.56. The van der Waals surface area contributed by atoms with Gasteiger partial charge in [-0.2, -0.15) is 0 Å². The van der Waals surface area contributed by atoms with Crippen LogP contribution in [-0.4, -0.2) is 31.0 Å². The van der Waals surface area contributed by atoms with Crippen LogP contribution in [0.3, 0.4) is 0 Å². The van der Waals surface area contributed by atoms with E-state index in [1.165, 1.54) is 24.3 Å². The summed E-state index contributed by atoms with van der Waals surface area (Å²) in [5.74, 6) is -5.46. The average Bonchev–Trinajstić information content (AvgIpc) is 3.05. The van der Waals surface area contributed by atoms with Gasteiger partial charge in [0.2, 0.25) is 0 Å². The summed E-state index contributed by atoms with van der Waals surface area (Å²) in [5, 5.41) is 8.87. The van der Waals surface area contributed by atoms with Crippen LogP contribution in [0.15, 0.2) is 29.2 Å². The largest absolute Gasteiger partial charge is 0.479 e. The number of halogens is 2. The van der Waals surface area contributed by atoms with E-state index < -0.39 is 39.9 Å². The molecular formula is C13H15F2NO5S. The molecule has 1 aliphatic rings. The van der Waals surface area contributed by atoms with Gasteiger partial charge in [0.15, 0.2) is 5.60 Å². The minimum Gasteiger partial charge on any atom is -0.479 e. The molecule has 0 spiro atoms. The van der Waals surface area contributed by atoms with Crippen molar-refractivity contribution in [3.05, 3.63) is 29.8 Å². The van der Waals surface area contributed by atoms with E-state index in [0.717, 1.165) is 13.8 Å². The van der Waals surface area contributed by atoms with Crippen LogP contribution >= 0.6 is 0 Å². The van der Waals surface area contributed by atoms with E-state index in [1.54, 1.807) is 4.89 Å². The van der Waals surface area contributed by atoms with Gasteiger partial charge >= 0.3 is 5.97 Å². The number of sulfonamides is 1. The Kier molecular flexibility index (Phi) is 4.01. The first-order valence-electron chi connectivity index (χ1n) is 6.37. The summed E-state index contributed by atoms with van der Waals surface area (Å²) < 4.78 is 50.8. The van der Waals surface area contributed by atoms with Crippen molar-refractivity contribution in [3.8, 4) is 0 Å². The smallest absolute Gasteiger partial charge is 0.337 e. The van der Waals surface area contributed by atoms with Crippen molar-refractivity contribution in [1.29, 1.82) is 0 Å². The molecule has 6 nitrogen and oxygen atoms in total. The maximum Gasteiger partial charge on any atom is 0.337 e. The predicted octanol–water partition coefficient (Wildman–Crippen LogP) is 1.88. The van der Waals surface area contributed by atoms with Crippen LogP contribution < -0.4 is 4.89 Å². The minimum absolute atomic E-state index is 0.0169. The molecule has 0 aromatic heterocycles. The highest BCUT2D eigenvalue weighted by molar-refractivity contribution is 7.89. The van der Waals surface area contributed by atoms with Crippen molar-refractivity contribution >= 4 is 16.0 Å². The first kappa shape index (κ1) is 16.8. The molecule has 1 aromatic rings. The van der Waals surface area contributed by atoms with E-state index in [4.69, 9.17) is 9.94 Å². The van der Waals surface area contributed by atoms with Crippen molar-refractivity contribution in [3.63, 3.8) is 0 Å². The summed E-state index contributed by atoms with van der Waals surface area (Å²) >= 11 is 0. The fraction of sp³-hybridized carbons (Fsp3) is 0.462. The standard InChI is InChI=1S/C13H15F2NO5S/c1-12(2,11(17)18)21-16-22(19,20)10-6-4-3-5-8(10)9-7-13(9,14)15/h3-6,9,16H,7H2,1-2H3,(H,17,18). The molecule has 0 bridgehead atoms. The lowest BCUT2D eigenvalue weighted by Crippen LogP contribution is -2.42. The monoisotopic (exact) mass is 335 g/mol. The third kappa shape index (κ3) is 3.26. The van der Waals surface area contributed by atoms with Gasteiger partial charge in [0.05, 0.1) is 10.8 Å². The van der Waals surface area contributed by atoms with Gasteiger partial charge in [-0.15, -0.1) is 0 Å². The fourth-order valence-corrected chi connectivity index (χ4v) is 3.00. The van der Waals surface area contributed by atoms with Crippen LogP contribution in [0.25, 0.3) is 0 Å². The molecule has 9 heteroatoms. The molecule has 0 radical (unpaired) electrons. The average molecular weight is 335 g/mol. The van der Waals surface area contributed by atoms with Gasteiger partial charge in [0.25, 0.3) is 15.9 Å². The van der Waals surface area contributed by atoms with Gasteiger partial charge in [0.1, 0.15) is 0 Å². The van der Waals surface area contributed by atoms with Crippen molar-refractivity contribution in [1.82, 2.24) is 4.89 Å². The van der Waals surface area contributed by atoms with E-state index >= 15 is 0 Å². The lowest BCUT2D eigenvalue weighted by molar-refractivity contribution is -0.165. The Balaban J connectivity index is 2.26. The lowest BCUT2D eigenvalue weighted by Gasteiger charge is -2.20. The highest BCUT2D eigenvalue weighted by Gasteiger charge is 2.58. The summed E-state index contributed by atoms with van der Waals surface area (Å²) in [6.07, 6.45) is -0.416. The summed E-state index contributed by atoms with van der Waals surface area (Å²) in [4.78, 5) is 16.9. The summed E-state index contributed by atoms with van der Waals surface area (Å²) in [5.41, 5.74) is -1.82. The minimum atomic E-state index is -4.28. The van der Waals surface area contributed by atoms with Gasteiger partial charge in [-0.3, -0.25) is 4.84 Å². The van der Waals surface area contributed by atoms with Crippen LogP contribution in [0.5, 0.6) is 0 Å². The molecule has 0 saturated heterocycles. The molecule has 0 amide bonds. The lowest BCUT2D eigenvalue weighted by atomic mass is 10.1. The van der Waals surface area contributed by atoms with Crippen LogP contribution in [0.2, 0.25) is 0 Å². The molecule has 2 N–H and O–H groups in total. The second-order valence-corrected chi connectivity index (χ2v) is 7.17. The topological polar surface area (TPSA) is 92.7 Å². The van der Waals surface area contributed by atoms with E-state index in [9.17, 15) is 22.0 Å². The number of rotatable bonds is 6. The first-order chi connectivity index (χ1) is 9.97. The Bertz CT molecular complexity index is 702. The summed E-state index contributed by atoms with van der Waals surface area (Å²) in [6.45, 7) is 2.30. The Morgan fingerprint density at radius 3 is 2.45 bits per heavy atom. The highest BCUT2D eigenvalue weighted by Crippen LogP contribution is 2.56.